The highest BCUT2D eigenvalue weighted by Gasteiger charge is 2.23. The molecule has 0 saturated carbocycles. The summed E-state index contributed by atoms with van der Waals surface area (Å²) < 4.78 is 0. The summed E-state index contributed by atoms with van der Waals surface area (Å²) in [5.74, 6) is 0.283. The molecule has 1 atom stereocenters. The summed E-state index contributed by atoms with van der Waals surface area (Å²) in [4.78, 5) is 13.7. The molecule has 1 heterocycles. The highest BCUT2D eigenvalue weighted by Crippen LogP contribution is 2.22. The van der Waals surface area contributed by atoms with E-state index in [4.69, 9.17) is 0 Å². The molecule has 104 valence electrons. The zero-order valence-electron chi connectivity index (χ0n) is 11.8. The third kappa shape index (κ3) is 2.54. The number of nitrogens with one attached hydrogen (secondary N) is 1. The maximum absolute atomic E-state index is 11.8. The van der Waals surface area contributed by atoms with Gasteiger partial charge in [0.15, 0.2) is 0 Å². The number of benzene rings is 2. The van der Waals surface area contributed by atoms with Crippen LogP contribution in [0.15, 0.2) is 42.5 Å². The number of rotatable bonds is 4. The molecular weight excluding hydrogens is 248 g/mol. The fraction of sp³-hybridized carbons (Fsp3) is 0.353. The van der Waals surface area contributed by atoms with E-state index in [1.807, 2.05) is 11.9 Å². The second kappa shape index (κ2) is 5.63. The fourth-order valence-corrected chi connectivity index (χ4v) is 2.91. The molecule has 1 aliphatic heterocycles. The van der Waals surface area contributed by atoms with Gasteiger partial charge in [0.1, 0.15) is 0 Å². The molecule has 1 amide bonds. The fourth-order valence-electron chi connectivity index (χ4n) is 2.91. The number of carbonyl (C=O) groups is 1. The van der Waals surface area contributed by atoms with E-state index in [1.165, 1.54) is 16.3 Å². The Morgan fingerprint density at radius 3 is 2.70 bits per heavy atom. The molecule has 3 heteroatoms. The van der Waals surface area contributed by atoms with Crippen molar-refractivity contribution in [2.45, 2.75) is 18.9 Å². The Labute approximate surface area is 119 Å². The molecule has 0 aliphatic carbocycles. The van der Waals surface area contributed by atoms with Crippen molar-refractivity contribution in [3.63, 3.8) is 0 Å². The summed E-state index contributed by atoms with van der Waals surface area (Å²) in [6.45, 7) is 1.65. The first kappa shape index (κ1) is 13.1. The van der Waals surface area contributed by atoms with Crippen LogP contribution in [0.1, 0.15) is 24.4 Å². The summed E-state index contributed by atoms with van der Waals surface area (Å²) in [6, 6.07) is 15.1. The molecule has 3 nitrogen and oxygen atoms in total. The lowest BCUT2D eigenvalue weighted by Gasteiger charge is -2.24. The van der Waals surface area contributed by atoms with Crippen molar-refractivity contribution in [1.29, 1.82) is 0 Å². The van der Waals surface area contributed by atoms with Crippen LogP contribution in [0.3, 0.4) is 0 Å². The Morgan fingerprint density at radius 1 is 1.20 bits per heavy atom. The van der Waals surface area contributed by atoms with E-state index in [-0.39, 0.29) is 11.9 Å². The van der Waals surface area contributed by atoms with Gasteiger partial charge in [-0.25, -0.2) is 0 Å². The molecule has 0 spiro atoms. The monoisotopic (exact) mass is 268 g/mol. The van der Waals surface area contributed by atoms with Crippen LogP contribution in [-0.4, -0.2) is 30.9 Å². The number of carbonyl (C=O) groups excluding carboxylic acids is 1. The van der Waals surface area contributed by atoms with E-state index in [1.54, 1.807) is 0 Å². The number of nitrogens with zero attached hydrogens (tertiary/aromatic N) is 1. The minimum Gasteiger partial charge on any atom is -0.341 e. The highest BCUT2D eigenvalue weighted by atomic mass is 16.2. The SMILES string of the molecule is CNC(CN1CCCC1=O)c1ccc2ccccc2c1. The Balaban J connectivity index is 1.84. The van der Waals surface area contributed by atoms with Gasteiger partial charge in [-0.05, 0) is 35.9 Å². The zero-order chi connectivity index (χ0) is 13.9. The van der Waals surface area contributed by atoms with E-state index in [2.05, 4.69) is 47.8 Å². The second-order valence-electron chi connectivity index (χ2n) is 5.39. The van der Waals surface area contributed by atoms with Gasteiger partial charge in [0.2, 0.25) is 5.91 Å². The summed E-state index contributed by atoms with van der Waals surface area (Å²) in [5.41, 5.74) is 1.24. The summed E-state index contributed by atoms with van der Waals surface area (Å²) in [5, 5.41) is 5.84. The lowest BCUT2D eigenvalue weighted by Crippen LogP contribution is -2.34. The second-order valence-corrected chi connectivity index (χ2v) is 5.39. The van der Waals surface area contributed by atoms with Gasteiger partial charge in [0, 0.05) is 25.6 Å². The predicted molar refractivity (Wildman–Crippen MR) is 81.6 cm³/mol. The largest absolute Gasteiger partial charge is 0.341 e. The van der Waals surface area contributed by atoms with Crippen LogP contribution in [0, 0.1) is 0 Å². The summed E-state index contributed by atoms with van der Waals surface area (Å²) >= 11 is 0. The molecule has 3 rings (SSSR count). The smallest absolute Gasteiger partial charge is 0.222 e. The van der Waals surface area contributed by atoms with Crippen molar-refractivity contribution in [1.82, 2.24) is 10.2 Å². The van der Waals surface area contributed by atoms with Gasteiger partial charge >= 0.3 is 0 Å². The average molecular weight is 268 g/mol. The molecule has 20 heavy (non-hydrogen) atoms. The molecule has 0 radical (unpaired) electrons. The van der Waals surface area contributed by atoms with E-state index < -0.39 is 0 Å². The number of likely N-dealkylation sites (tertiary alicyclic amines) is 1. The highest BCUT2D eigenvalue weighted by molar-refractivity contribution is 5.83. The predicted octanol–water partition coefficient (Wildman–Crippen LogP) is 2.72. The van der Waals surface area contributed by atoms with Crippen LogP contribution in [0.25, 0.3) is 10.8 Å². The Morgan fingerprint density at radius 2 is 2.00 bits per heavy atom. The van der Waals surface area contributed by atoms with E-state index in [0.717, 1.165) is 19.5 Å². The number of hydrogen-bond acceptors (Lipinski definition) is 2. The molecular formula is C17H20N2O. The van der Waals surface area contributed by atoms with Crippen molar-refractivity contribution < 1.29 is 4.79 Å². The number of hydrogen-bond donors (Lipinski definition) is 1. The van der Waals surface area contributed by atoms with Gasteiger partial charge in [-0.2, -0.15) is 0 Å². The van der Waals surface area contributed by atoms with Crippen LogP contribution in [0.4, 0.5) is 0 Å². The van der Waals surface area contributed by atoms with Crippen molar-refractivity contribution in [2.24, 2.45) is 0 Å². The van der Waals surface area contributed by atoms with Gasteiger partial charge in [-0.15, -0.1) is 0 Å². The lowest BCUT2D eigenvalue weighted by atomic mass is 10.0. The van der Waals surface area contributed by atoms with Gasteiger partial charge in [0.05, 0.1) is 0 Å². The Hall–Kier alpha value is -1.87. The quantitative estimate of drug-likeness (QED) is 0.924. The van der Waals surface area contributed by atoms with Gasteiger partial charge < -0.3 is 10.2 Å². The van der Waals surface area contributed by atoms with Crippen LogP contribution in [0.2, 0.25) is 0 Å². The summed E-state index contributed by atoms with van der Waals surface area (Å²) in [6.07, 6.45) is 1.70. The van der Waals surface area contributed by atoms with E-state index >= 15 is 0 Å². The van der Waals surface area contributed by atoms with Crippen LogP contribution >= 0.6 is 0 Å². The van der Waals surface area contributed by atoms with Crippen LogP contribution < -0.4 is 5.32 Å². The van der Waals surface area contributed by atoms with E-state index in [0.29, 0.717) is 6.42 Å². The Bertz CT molecular complexity index is 623. The Kier molecular flexibility index (Phi) is 3.70. The third-order valence-electron chi connectivity index (χ3n) is 4.10. The molecule has 2 aromatic carbocycles. The first-order valence-electron chi connectivity index (χ1n) is 7.21. The maximum Gasteiger partial charge on any atom is 0.222 e. The van der Waals surface area contributed by atoms with E-state index in [9.17, 15) is 4.79 Å². The van der Waals surface area contributed by atoms with Gasteiger partial charge in [0.25, 0.3) is 0 Å². The average Bonchev–Trinajstić information content (AvgIpc) is 2.89. The molecule has 0 bridgehead atoms. The van der Waals surface area contributed by atoms with Crippen molar-refractivity contribution in [3.8, 4) is 0 Å². The number of amides is 1. The molecule has 1 unspecified atom stereocenters. The molecule has 1 fully saturated rings. The van der Waals surface area contributed by atoms with Crippen molar-refractivity contribution in [3.05, 3.63) is 48.0 Å². The first-order chi connectivity index (χ1) is 9.78. The van der Waals surface area contributed by atoms with Crippen LogP contribution in [0.5, 0.6) is 0 Å². The minimum absolute atomic E-state index is 0.196. The molecule has 0 aromatic heterocycles. The summed E-state index contributed by atoms with van der Waals surface area (Å²) in [7, 11) is 1.96. The zero-order valence-corrected chi connectivity index (χ0v) is 11.8. The molecule has 1 aliphatic rings. The normalized spacial score (nSPS) is 16.9. The lowest BCUT2D eigenvalue weighted by molar-refractivity contribution is -0.128. The number of likely N-dealkylation sites (N-methyl/N-ethyl adjacent to an activating group) is 1. The van der Waals surface area contributed by atoms with Crippen LogP contribution in [-0.2, 0) is 4.79 Å². The number of fused-ring (bicyclic) bond motifs is 1. The molecule has 2 aromatic rings. The van der Waals surface area contributed by atoms with Gasteiger partial charge in [-0.3, -0.25) is 4.79 Å². The third-order valence-corrected chi connectivity index (χ3v) is 4.10. The first-order valence-corrected chi connectivity index (χ1v) is 7.21. The molecule has 1 saturated heterocycles. The van der Waals surface area contributed by atoms with Crippen molar-refractivity contribution >= 4 is 16.7 Å². The topological polar surface area (TPSA) is 32.3 Å². The molecule has 1 N–H and O–H groups in total. The maximum atomic E-state index is 11.8. The minimum atomic E-state index is 0.196. The standard InChI is InChI=1S/C17H20N2O/c1-18-16(12-19-10-4-7-17(19)20)15-9-8-13-5-2-3-6-14(13)11-15/h2-3,5-6,8-9,11,16,18H,4,7,10,12H2,1H3. The van der Waals surface area contributed by atoms with Crippen molar-refractivity contribution in [2.75, 3.05) is 20.1 Å². The van der Waals surface area contributed by atoms with Gasteiger partial charge in [-0.1, -0.05) is 36.4 Å².